The van der Waals surface area contributed by atoms with Crippen molar-refractivity contribution in [3.63, 3.8) is 0 Å². The van der Waals surface area contributed by atoms with E-state index < -0.39 is 0 Å². The molecule has 0 amide bonds. The van der Waals surface area contributed by atoms with Crippen LogP contribution < -0.4 is 5.32 Å². The Kier molecular flexibility index (Phi) is 3.84. The Morgan fingerprint density at radius 3 is 2.82 bits per heavy atom. The van der Waals surface area contributed by atoms with Gasteiger partial charge in [-0.25, -0.2) is 0 Å². The van der Waals surface area contributed by atoms with Crippen LogP contribution in [0, 0.1) is 6.92 Å². The average Bonchev–Trinajstić information content (AvgIpc) is 3.05. The van der Waals surface area contributed by atoms with Crippen LogP contribution in [0.4, 0.5) is 0 Å². The minimum atomic E-state index is 0.611. The zero-order chi connectivity index (χ0) is 12.4. The van der Waals surface area contributed by atoms with E-state index >= 15 is 0 Å². The maximum atomic E-state index is 4.35. The number of aromatic nitrogens is 2. The maximum absolute atomic E-state index is 4.35. The molecule has 0 aromatic carbocycles. The van der Waals surface area contributed by atoms with Gasteiger partial charge in [-0.15, -0.1) is 0 Å². The number of likely N-dealkylation sites (N-methyl/N-ethyl adjacent to an activating group) is 1. The number of nitrogens with one attached hydrogen (secondary N) is 1. The molecule has 1 aromatic rings. The van der Waals surface area contributed by atoms with Gasteiger partial charge in [0.1, 0.15) is 0 Å². The normalized spacial score (nSPS) is 17.7. The summed E-state index contributed by atoms with van der Waals surface area (Å²) in [5, 5.41) is 7.87. The molecule has 1 aromatic heterocycles. The Morgan fingerprint density at radius 1 is 1.59 bits per heavy atom. The summed E-state index contributed by atoms with van der Waals surface area (Å²) in [4.78, 5) is 2.49. The smallest absolute Gasteiger partial charge is 0.0638 e. The van der Waals surface area contributed by atoms with Gasteiger partial charge < -0.3 is 5.32 Å². The van der Waals surface area contributed by atoms with Gasteiger partial charge in [0, 0.05) is 44.0 Å². The molecule has 2 rings (SSSR count). The van der Waals surface area contributed by atoms with Crippen molar-refractivity contribution in [1.29, 1.82) is 0 Å². The molecule has 1 heterocycles. The summed E-state index contributed by atoms with van der Waals surface area (Å²) in [7, 11) is 4.21. The van der Waals surface area contributed by atoms with Gasteiger partial charge in [-0.1, -0.05) is 0 Å². The minimum absolute atomic E-state index is 0.611. The number of aryl methyl sites for hydroxylation is 2. The van der Waals surface area contributed by atoms with Gasteiger partial charge in [-0.2, -0.15) is 5.10 Å². The van der Waals surface area contributed by atoms with Crippen LogP contribution in [-0.4, -0.2) is 40.4 Å². The topological polar surface area (TPSA) is 33.1 Å². The van der Waals surface area contributed by atoms with Crippen molar-refractivity contribution < 1.29 is 0 Å². The quantitative estimate of drug-likeness (QED) is 0.808. The van der Waals surface area contributed by atoms with Crippen molar-refractivity contribution in [2.24, 2.45) is 7.05 Å². The molecule has 1 aliphatic carbocycles. The van der Waals surface area contributed by atoms with E-state index in [1.807, 2.05) is 11.7 Å². The first-order valence-electron chi connectivity index (χ1n) is 6.49. The van der Waals surface area contributed by atoms with E-state index in [9.17, 15) is 0 Å². The van der Waals surface area contributed by atoms with Crippen LogP contribution in [0.2, 0.25) is 0 Å². The summed E-state index contributed by atoms with van der Waals surface area (Å²) in [6.45, 7) is 6.32. The Labute approximate surface area is 104 Å². The lowest BCUT2D eigenvalue weighted by Crippen LogP contribution is -2.38. The summed E-state index contributed by atoms with van der Waals surface area (Å²) in [5.41, 5.74) is 2.43. The molecule has 0 aliphatic heterocycles. The summed E-state index contributed by atoms with van der Waals surface area (Å²) in [5.74, 6) is 0. The fraction of sp³-hybridized carbons (Fsp3) is 0.769. The molecule has 1 unspecified atom stereocenters. The molecule has 1 atom stereocenters. The number of hydrogen-bond donors (Lipinski definition) is 1. The lowest BCUT2D eigenvalue weighted by molar-refractivity contribution is 0.241. The highest BCUT2D eigenvalue weighted by atomic mass is 15.3. The molecular weight excluding hydrogens is 212 g/mol. The first-order chi connectivity index (χ1) is 8.08. The number of nitrogens with zero attached hydrogens (tertiary/aromatic N) is 3. The predicted octanol–water partition coefficient (Wildman–Crippen LogP) is 1.30. The van der Waals surface area contributed by atoms with Crippen LogP contribution in [0.25, 0.3) is 0 Å². The Morgan fingerprint density at radius 2 is 2.29 bits per heavy atom. The van der Waals surface area contributed by atoms with E-state index in [1.165, 1.54) is 18.4 Å². The van der Waals surface area contributed by atoms with Crippen molar-refractivity contribution in [2.45, 2.75) is 45.3 Å². The van der Waals surface area contributed by atoms with Crippen LogP contribution in [0.15, 0.2) is 6.20 Å². The standard InChI is InChI=1S/C13H24N4/c1-10(17(4)13-5-6-13)7-14-8-12-9-16(3)15-11(12)2/h9-10,13-14H,5-8H2,1-4H3. The van der Waals surface area contributed by atoms with Gasteiger partial charge in [-0.05, 0) is 33.7 Å². The summed E-state index contributed by atoms with van der Waals surface area (Å²) in [6, 6.07) is 1.45. The summed E-state index contributed by atoms with van der Waals surface area (Å²) < 4.78 is 1.88. The van der Waals surface area contributed by atoms with E-state index in [1.54, 1.807) is 0 Å². The molecule has 1 N–H and O–H groups in total. The second-order valence-corrected chi connectivity index (χ2v) is 5.29. The van der Waals surface area contributed by atoms with Crippen LogP contribution in [0.5, 0.6) is 0 Å². The molecule has 1 aliphatic rings. The zero-order valence-corrected chi connectivity index (χ0v) is 11.4. The predicted molar refractivity (Wildman–Crippen MR) is 69.9 cm³/mol. The van der Waals surface area contributed by atoms with E-state index in [0.717, 1.165) is 24.8 Å². The number of hydrogen-bond acceptors (Lipinski definition) is 3. The summed E-state index contributed by atoms with van der Waals surface area (Å²) in [6.07, 6.45) is 4.85. The highest BCUT2D eigenvalue weighted by Gasteiger charge is 2.28. The SMILES string of the molecule is Cc1nn(C)cc1CNCC(C)N(C)C1CC1. The molecule has 17 heavy (non-hydrogen) atoms. The van der Waals surface area contributed by atoms with Crippen LogP contribution in [-0.2, 0) is 13.6 Å². The molecule has 1 fully saturated rings. The monoisotopic (exact) mass is 236 g/mol. The van der Waals surface area contributed by atoms with Crippen molar-refractivity contribution in [1.82, 2.24) is 20.0 Å². The molecule has 0 saturated heterocycles. The van der Waals surface area contributed by atoms with Gasteiger partial charge in [0.2, 0.25) is 0 Å². The van der Waals surface area contributed by atoms with Crippen molar-refractivity contribution in [3.8, 4) is 0 Å². The summed E-state index contributed by atoms with van der Waals surface area (Å²) >= 11 is 0. The Bertz CT molecular complexity index is 367. The lowest BCUT2D eigenvalue weighted by Gasteiger charge is -2.24. The minimum Gasteiger partial charge on any atom is -0.311 e. The van der Waals surface area contributed by atoms with Crippen LogP contribution >= 0.6 is 0 Å². The fourth-order valence-corrected chi connectivity index (χ4v) is 2.22. The third-order valence-corrected chi connectivity index (χ3v) is 3.69. The van der Waals surface area contributed by atoms with E-state index in [2.05, 4.69) is 42.4 Å². The number of rotatable bonds is 6. The van der Waals surface area contributed by atoms with Gasteiger partial charge >= 0.3 is 0 Å². The third kappa shape index (κ3) is 3.30. The maximum Gasteiger partial charge on any atom is 0.0638 e. The largest absolute Gasteiger partial charge is 0.311 e. The first-order valence-corrected chi connectivity index (χ1v) is 6.49. The molecular formula is C13H24N4. The van der Waals surface area contributed by atoms with Gasteiger partial charge in [0.25, 0.3) is 0 Å². The molecule has 4 heteroatoms. The second-order valence-electron chi connectivity index (χ2n) is 5.29. The van der Waals surface area contributed by atoms with E-state index in [4.69, 9.17) is 0 Å². The zero-order valence-electron chi connectivity index (χ0n) is 11.4. The first kappa shape index (κ1) is 12.6. The van der Waals surface area contributed by atoms with Gasteiger partial charge in [-0.3, -0.25) is 9.58 Å². The Hall–Kier alpha value is -0.870. The fourth-order valence-electron chi connectivity index (χ4n) is 2.22. The molecule has 4 nitrogen and oxygen atoms in total. The van der Waals surface area contributed by atoms with Crippen molar-refractivity contribution in [3.05, 3.63) is 17.5 Å². The lowest BCUT2D eigenvalue weighted by atomic mass is 10.2. The molecule has 0 bridgehead atoms. The highest BCUT2D eigenvalue weighted by molar-refractivity contribution is 5.14. The Balaban J connectivity index is 1.73. The van der Waals surface area contributed by atoms with E-state index in [-0.39, 0.29) is 0 Å². The van der Waals surface area contributed by atoms with Gasteiger partial charge in [0.15, 0.2) is 0 Å². The molecule has 96 valence electrons. The average molecular weight is 236 g/mol. The van der Waals surface area contributed by atoms with Crippen molar-refractivity contribution >= 4 is 0 Å². The van der Waals surface area contributed by atoms with Gasteiger partial charge in [0.05, 0.1) is 5.69 Å². The molecule has 1 saturated carbocycles. The third-order valence-electron chi connectivity index (χ3n) is 3.69. The molecule has 0 spiro atoms. The van der Waals surface area contributed by atoms with Crippen LogP contribution in [0.3, 0.4) is 0 Å². The van der Waals surface area contributed by atoms with Crippen molar-refractivity contribution in [2.75, 3.05) is 13.6 Å². The van der Waals surface area contributed by atoms with Crippen LogP contribution in [0.1, 0.15) is 31.0 Å². The second kappa shape index (κ2) is 5.19. The van der Waals surface area contributed by atoms with E-state index in [0.29, 0.717) is 6.04 Å². The highest BCUT2D eigenvalue weighted by Crippen LogP contribution is 2.26. The molecule has 0 radical (unpaired) electrons.